The van der Waals surface area contributed by atoms with Crippen LogP contribution in [0.25, 0.3) is 12.2 Å². The van der Waals surface area contributed by atoms with Gasteiger partial charge >= 0.3 is 0 Å². The molecule has 2 aromatic carbocycles. The number of benzene rings is 2. The van der Waals surface area contributed by atoms with E-state index in [4.69, 9.17) is 14.2 Å². The number of carbonyl (C=O) groups excluding carboxylic acids is 1. The Morgan fingerprint density at radius 2 is 1.59 bits per heavy atom. The Morgan fingerprint density at radius 1 is 0.852 bits per heavy atom. The van der Waals surface area contributed by atoms with Gasteiger partial charge in [0.1, 0.15) is 11.5 Å². The third-order valence-electron chi connectivity index (χ3n) is 3.73. The molecule has 27 heavy (non-hydrogen) atoms. The second-order valence-electron chi connectivity index (χ2n) is 5.49. The molecule has 0 aliphatic heterocycles. The summed E-state index contributed by atoms with van der Waals surface area (Å²) in [6.45, 7) is 0. The number of carbonyl (C=O) groups is 1. The van der Waals surface area contributed by atoms with Crippen LogP contribution in [0.15, 0.2) is 60.7 Å². The van der Waals surface area contributed by atoms with E-state index in [0.717, 1.165) is 11.3 Å². The van der Waals surface area contributed by atoms with Crippen molar-refractivity contribution in [1.29, 1.82) is 0 Å². The van der Waals surface area contributed by atoms with Gasteiger partial charge in [0.05, 0.1) is 21.3 Å². The van der Waals surface area contributed by atoms with Crippen molar-refractivity contribution in [3.8, 4) is 23.0 Å². The Morgan fingerprint density at radius 3 is 2.26 bits per heavy atom. The molecule has 0 radical (unpaired) electrons. The molecule has 2 rings (SSSR count). The highest BCUT2D eigenvalue weighted by molar-refractivity contribution is 6.02. The Hall–Kier alpha value is -3.47. The summed E-state index contributed by atoms with van der Waals surface area (Å²) in [4.78, 5) is 11.9. The zero-order valence-electron chi connectivity index (χ0n) is 15.5. The average molecular weight is 366 g/mol. The summed E-state index contributed by atoms with van der Waals surface area (Å²) in [6, 6.07) is 10.4. The number of phenolic OH excluding ortho intramolecular Hbond substituents is 1. The third kappa shape index (κ3) is 5.78. The van der Waals surface area contributed by atoms with Crippen molar-refractivity contribution in [3.05, 3.63) is 71.8 Å². The Labute approximate surface area is 158 Å². The van der Waals surface area contributed by atoms with Crippen molar-refractivity contribution >= 4 is 17.9 Å². The van der Waals surface area contributed by atoms with Gasteiger partial charge in [0.25, 0.3) is 0 Å². The van der Waals surface area contributed by atoms with Gasteiger partial charge in [-0.05, 0) is 48.0 Å². The molecule has 0 heterocycles. The van der Waals surface area contributed by atoms with E-state index in [1.807, 2.05) is 24.3 Å². The number of allylic oxidation sites excluding steroid dienone is 4. The fourth-order valence-electron chi connectivity index (χ4n) is 2.32. The van der Waals surface area contributed by atoms with E-state index >= 15 is 0 Å². The van der Waals surface area contributed by atoms with Gasteiger partial charge in [0, 0.05) is 5.56 Å². The summed E-state index contributed by atoms with van der Waals surface area (Å²) in [7, 11) is 4.68. The molecular weight excluding hydrogens is 344 g/mol. The van der Waals surface area contributed by atoms with Gasteiger partial charge in [0.15, 0.2) is 17.3 Å². The maximum Gasteiger partial charge on any atom is 0.178 e. The average Bonchev–Trinajstić information content (AvgIpc) is 2.69. The molecule has 0 unspecified atom stereocenters. The number of phenols is 1. The minimum absolute atomic E-state index is 0.0258. The zero-order chi connectivity index (χ0) is 19.6. The summed E-state index contributed by atoms with van der Waals surface area (Å²) in [5, 5.41) is 9.73. The number of ketones is 1. The predicted molar refractivity (Wildman–Crippen MR) is 106 cm³/mol. The lowest BCUT2D eigenvalue weighted by molar-refractivity contribution is -0.110. The molecule has 0 aliphatic carbocycles. The molecule has 0 saturated heterocycles. The van der Waals surface area contributed by atoms with Crippen molar-refractivity contribution in [2.75, 3.05) is 21.3 Å². The van der Waals surface area contributed by atoms with E-state index < -0.39 is 0 Å². The first kappa shape index (κ1) is 19.8. The van der Waals surface area contributed by atoms with Gasteiger partial charge < -0.3 is 19.3 Å². The van der Waals surface area contributed by atoms with E-state index in [-0.39, 0.29) is 11.5 Å². The maximum absolute atomic E-state index is 11.9. The van der Waals surface area contributed by atoms with Crippen LogP contribution in [0.5, 0.6) is 23.0 Å². The molecule has 0 bridgehead atoms. The second-order valence-corrected chi connectivity index (χ2v) is 5.49. The molecule has 0 aliphatic rings. The van der Waals surface area contributed by atoms with Gasteiger partial charge in [-0.25, -0.2) is 0 Å². The van der Waals surface area contributed by atoms with Gasteiger partial charge in [-0.3, -0.25) is 4.79 Å². The summed E-state index contributed by atoms with van der Waals surface area (Å²) < 4.78 is 15.5. The van der Waals surface area contributed by atoms with Crippen molar-refractivity contribution in [2.24, 2.45) is 0 Å². The van der Waals surface area contributed by atoms with Crippen LogP contribution in [-0.2, 0) is 4.79 Å². The zero-order valence-corrected chi connectivity index (χ0v) is 15.5. The number of hydrogen-bond acceptors (Lipinski definition) is 5. The van der Waals surface area contributed by atoms with E-state index in [9.17, 15) is 9.90 Å². The van der Waals surface area contributed by atoms with E-state index in [2.05, 4.69) is 0 Å². The highest BCUT2D eigenvalue weighted by Gasteiger charge is 2.02. The van der Waals surface area contributed by atoms with Gasteiger partial charge in [-0.2, -0.15) is 0 Å². The van der Waals surface area contributed by atoms with Crippen LogP contribution in [0.4, 0.5) is 0 Å². The molecule has 0 fully saturated rings. The summed E-state index contributed by atoms with van der Waals surface area (Å²) in [6.07, 6.45) is 9.73. The Kier molecular flexibility index (Phi) is 7.26. The largest absolute Gasteiger partial charge is 0.504 e. The predicted octanol–water partition coefficient (Wildman–Crippen LogP) is 4.27. The molecule has 5 nitrogen and oxygen atoms in total. The quantitative estimate of drug-likeness (QED) is 0.558. The minimum atomic E-state index is -0.174. The highest BCUT2D eigenvalue weighted by Crippen LogP contribution is 2.27. The van der Waals surface area contributed by atoms with Crippen molar-refractivity contribution in [2.45, 2.75) is 0 Å². The summed E-state index contributed by atoms with van der Waals surface area (Å²) >= 11 is 0. The van der Waals surface area contributed by atoms with Gasteiger partial charge in [0.2, 0.25) is 0 Å². The fourth-order valence-corrected chi connectivity index (χ4v) is 2.32. The normalized spacial score (nSPS) is 11.4. The molecule has 0 amide bonds. The molecule has 140 valence electrons. The van der Waals surface area contributed by atoms with Crippen LogP contribution >= 0.6 is 0 Å². The Bertz CT molecular complexity index is 878. The first-order valence-corrected chi connectivity index (χ1v) is 8.23. The molecule has 1 N–H and O–H groups in total. The standard InChI is InChI=1S/C22H22O5/c1-25-19-11-13-21(26-2)17(15-19)6-4-5-7-18(23)10-8-16-9-12-22(27-3)20(24)14-16/h4-15,24H,1-3H3. The molecule has 0 atom stereocenters. The molecule has 0 saturated carbocycles. The lowest BCUT2D eigenvalue weighted by Crippen LogP contribution is -1.89. The molecule has 0 spiro atoms. The number of aromatic hydroxyl groups is 1. The van der Waals surface area contributed by atoms with Crippen LogP contribution in [0.2, 0.25) is 0 Å². The highest BCUT2D eigenvalue weighted by atomic mass is 16.5. The first-order chi connectivity index (χ1) is 13.1. The van der Waals surface area contributed by atoms with E-state index in [0.29, 0.717) is 17.1 Å². The number of ether oxygens (including phenoxy) is 3. The lowest BCUT2D eigenvalue weighted by Gasteiger charge is -2.06. The van der Waals surface area contributed by atoms with Crippen LogP contribution < -0.4 is 14.2 Å². The van der Waals surface area contributed by atoms with Crippen molar-refractivity contribution in [1.82, 2.24) is 0 Å². The molecule has 0 aromatic heterocycles. The van der Waals surface area contributed by atoms with Crippen molar-refractivity contribution in [3.63, 3.8) is 0 Å². The third-order valence-corrected chi connectivity index (χ3v) is 3.73. The van der Waals surface area contributed by atoms with Crippen LogP contribution in [-0.4, -0.2) is 32.2 Å². The number of hydrogen-bond donors (Lipinski definition) is 1. The number of rotatable bonds is 8. The molecular formula is C22H22O5. The minimum Gasteiger partial charge on any atom is -0.504 e. The molecule has 2 aromatic rings. The SMILES string of the molecule is COc1ccc(OC)c(C=CC=CC(=O)C=Cc2ccc(OC)c(O)c2)c1. The van der Waals surface area contributed by atoms with Crippen molar-refractivity contribution < 1.29 is 24.1 Å². The monoisotopic (exact) mass is 366 g/mol. The Balaban J connectivity index is 2.00. The van der Waals surface area contributed by atoms with E-state index in [1.165, 1.54) is 25.3 Å². The maximum atomic E-state index is 11.9. The number of methoxy groups -OCH3 is 3. The summed E-state index contributed by atoms with van der Waals surface area (Å²) in [5.41, 5.74) is 1.55. The first-order valence-electron chi connectivity index (χ1n) is 8.23. The summed E-state index contributed by atoms with van der Waals surface area (Å²) in [5.74, 6) is 1.68. The topological polar surface area (TPSA) is 65.0 Å². The fraction of sp³-hybridized carbons (Fsp3) is 0.136. The smallest absolute Gasteiger partial charge is 0.178 e. The van der Waals surface area contributed by atoms with Crippen LogP contribution in [0.3, 0.4) is 0 Å². The second kappa shape index (κ2) is 9.87. The van der Waals surface area contributed by atoms with E-state index in [1.54, 1.807) is 44.6 Å². The van der Waals surface area contributed by atoms with Crippen LogP contribution in [0.1, 0.15) is 11.1 Å². The van der Waals surface area contributed by atoms with Gasteiger partial charge in [-0.1, -0.05) is 30.4 Å². The lowest BCUT2D eigenvalue weighted by atomic mass is 10.1. The molecule has 5 heteroatoms. The van der Waals surface area contributed by atoms with Gasteiger partial charge in [-0.15, -0.1) is 0 Å². The van der Waals surface area contributed by atoms with Crippen LogP contribution in [0, 0.1) is 0 Å².